The van der Waals surface area contributed by atoms with Crippen molar-refractivity contribution in [3.8, 4) is 11.4 Å². The second-order valence-electron chi connectivity index (χ2n) is 7.53. The summed E-state index contributed by atoms with van der Waals surface area (Å²) in [6.45, 7) is 0.641. The lowest BCUT2D eigenvalue weighted by atomic mass is 10.2. The lowest BCUT2D eigenvalue weighted by molar-refractivity contribution is -0.118. The van der Waals surface area contributed by atoms with Crippen LogP contribution < -0.4 is 15.4 Å². The number of rotatable bonds is 10. The third kappa shape index (κ3) is 6.48. The molecule has 178 valence electrons. The first kappa shape index (κ1) is 24.0. The van der Waals surface area contributed by atoms with Gasteiger partial charge >= 0.3 is 0 Å². The van der Waals surface area contributed by atoms with Crippen molar-refractivity contribution >= 4 is 23.6 Å². The number of amides is 2. The summed E-state index contributed by atoms with van der Waals surface area (Å²) in [6.07, 6.45) is 0. The number of hydrogen-bond acceptors (Lipinski definition) is 6. The van der Waals surface area contributed by atoms with E-state index in [1.165, 1.54) is 11.8 Å². The molecular weight excluding hydrogens is 462 g/mol. The monoisotopic (exact) mass is 487 g/mol. The molecule has 1 aromatic heterocycles. The normalized spacial score (nSPS) is 10.5. The van der Waals surface area contributed by atoms with E-state index in [9.17, 15) is 9.59 Å². The number of methoxy groups -OCH3 is 1. The van der Waals surface area contributed by atoms with Crippen LogP contribution in [0.25, 0.3) is 5.69 Å². The molecule has 0 aliphatic rings. The van der Waals surface area contributed by atoms with E-state index in [1.54, 1.807) is 31.4 Å². The van der Waals surface area contributed by atoms with E-state index in [-0.39, 0.29) is 24.1 Å². The third-order valence-electron chi connectivity index (χ3n) is 5.14. The van der Waals surface area contributed by atoms with Gasteiger partial charge in [-0.1, -0.05) is 60.3 Å². The Morgan fingerprint density at radius 1 is 0.857 bits per heavy atom. The molecule has 0 saturated heterocycles. The number of nitrogens with one attached hydrogen (secondary N) is 2. The van der Waals surface area contributed by atoms with Crippen LogP contribution in [0.2, 0.25) is 0 Å². The molecule has 0 spiro atoms. The van der Waals surface area contributed by atoms with Crippen molar-refractivity contribution in [3.05, 3.63) is 102 Å². The summed E-state index contributed by atoms with van der Waals surface area (Å²) in [7, 11) is 1.58. The summed E-state index contributed by atoms with van der Waals surface area (Å²) in [4.78, 5) is 25.0. The zero-order valence-corrected chi connectivity index (χ0v) is 20.0. The van der Waals surface area contributed by atoms with Crippen LogP contribution in [0.4, 0.5) is 0 Å². The van der Waals surface area contributed by atoms with Gasteiger partial charge in [-0.2, -0.15) is 0 Å². The number of nitrogens with zero attached hydrogens (tertiary/aromatic N) is 3. The Hall–Kier alpha value is -4.11. The fourth-order valence-electron chi connectivity index (χ4n) is 3.33. The molecule has 0 fully saturated rings. The van der Waals surface area contributed by atoms with E-state index in [0.717, 1.165) is 11.3 Å². The van der Waals surface area contributed by atoms with E-state index in [4.69, 9.17) is 4.74 Å². The van der Waals surface area contributed by atoms with Gasteiger partial charge in [-0.05, 0) is 42.0 Å². The lowest BCUT2D eigenvalue weighted by Gasteiger charge is -2.11. The van der Waals surface area contributed by atoms with Crippen LogP contribution in [0.3, 0.4) is 0 Å². The number of carbonyl (C=O) groups excluding carboxylic acids is 2. The molecule has 0 saturated carbocycles. The molecule has 3 aromatic carbocycles. The van der Waals surface area contributed by atoms with Crippen molar-refractivity contribution in [3.63, 3.8) is 0 Å². The van der Waals surface area contributed by atoms with Gasteiger partial charge in [-0.15, -0.1) is 10.2 Å². The highest BCUT2D eigenvalue weighted by molar-refractivity contribution is 7.99. The lowest BCUT2D eigenvalue weighted by Crippen LogP contribution is -2.25. The van der Waals surface area contributed by atoms with Gasteiger partial charge in [0.05, 0.1) is 19.4 Å². The van der Waals surface area contributed by atoms with E-state index in [2.05, 4.69) is 20.8 Å². The van der Waals surface area contributed by atoms with Crippen LogP contribution in [-0.2, 0) is 17.9 Å². The fraction of sp³-hybridized carbons (Fsp3) is 0.154. The second kappa shape index (κ2) is 11.8. The number of para-hydroxylation sites is 1. The summed E-state index contributed by atoms with van der Waals surface area (Å²) in [5.74, 6) is 1.10. The van der Waals surface area contributed by atoms with Crippen molar-refractivity contribution in [2.75, 3.05) is 12.9 Å². The van der Waals surface area contributed by atoms with Gasteiger partial charge in [-0.25, -0.2) is 0 Å². The number of aromatic nitrogens is 3. The molecule has 8 nitrogen and oxygen atoms in total. The van der Waals surface area contributed by atoms with E-state index in [0.29, 0.717) is 28.8 Å². The molecule has 1 heterocycles. The minimum absolute atomic E-state index is 0.101. The van der Waals surface area contributed by atoms with Crippen molar-refractivity contribution in [2.24, 2.45) is 0 Å². The van der Waals surface area contributed by atoms with Crippen LogP contribution in [0.15, 0.2) is 90.1 Å². The molecule has 9 heteroatoms. The van der Waals surface area contributed by atoms with E-state index in [1.807, 2.05) is 65.2 Å². The molecule has 4 rings (SSSR count). The maximum atomic E-state index is 12.6. The fourth-order valence-corrected chi connectivity index (χ4v) is 4.13. The predicted octanol–water partition coefficient (Wildman–Crippen LogP) is 3.61. The minimum Gasteiger partial charge on any atom is -0.497 e. The average Bonchev–Trinajstić information content (AvgIpc) is 3.33. The molecule has 0 bridgehead atoms. The van der Waals surface area contributed by atoms with Crippen LogP contribution >= 0.6 is 11.8 Å². The first-order valence-corrected chi connectivity index (χ1v) is 12.0. The molecule has 2 amide bonds. The number of benzene rings is 3. The Labute approximate surface area is 207 Å². The molecule has 0 aliphatic carbocycles. The van der Waals surface area contributed by atoms with Crippen molar-refractivity contribution in [2.45, 2.75) is 18.2 Å². The van der Waals surface area contributed by atoms with Gasteiger partial charge in [-0.3, -0.25) is 14.2 Å². The Morgan fingerprint density at radius 2 is 1.54 bits per heavy atom. The number of hydrogen-bond donors (Lipinski definition) is 2. The summed E-state index contributed by atoms with van der Waals surface area (Å²) in [6, 6.07) is 26.2. The van der Waals surface area contributed by atoms with E-state index < -0.39 is 0 Å². The van der Waals surface area contributed by atoms with Crippen molar-refractivity contribution in [1.82, 2.24) is 25.4 Å². The Balaban J connectivity index is 1.43. The van der Waals surface area contributed by atoms with Gasteiger partial charge in [0.25, 0.3) is 5.91 Å². The van der Waals surface area contributed by atoms with E-state index >= 15 is 0 Å². The second-order valence-corrected chi connectivity index (χ2v) is 8.47. The first-order valence-electron chi connectivity index (χ1n) is 11.0. The van der Waals surface area contributed by atoms with Crippen molar-refractivity contribution in [1.29, 1.82) is 0 Å². The standard InChI is InChI=1S/C26H25N5O3S/c1-34-22-14-12-20(13-15-22)25(33)28-17-23-29-30-26(31(23)21-10-6-3-7-11-21)35-18-24(32)27-16-19-8-4-2-5-9-19/h2-15H,16-18H2,1H3,(H,27,32)(H,28,33). The quantitative estimate of drug-likeness (QED) is 0.332. The Bertz CT molecular complexity index is 1260. The largest absolute Gasteiger partial charge is 0.497 e. The summed E-state index contributed by atoms with van der Waals surface area (Å²) < 4.78 is 6.99. The summed E-state index contributed by atoms with van der Waals surface area (Å²) in [5, 5.41) is 14.9. The Kier molecular flexibility index (Phi) is 8.13. The van der Waals surface area contributed by atoms with Crippen molar-refractivity contribution < 1.29 is 14.3 Å². The molecular formula is C26H25N5O3S. The molecule has 0 atom stereocenters. The molecule has 0 radical (unpaired) electrons. The highest BCUT2D eigenvalue weighted by Crippen LogP contribution is 2.22. The highest BCUT2D eigenvalue weighted by atomic mass is 32.2. The molecule has 0 aliphatic heterocycles. The number of ether oxygens (including phenoxy) is 1. The summed E-state index contributed by atoms with van der Waals surface area (Å²) in [5.41, 5.74) is 2.40. The molecule has 0 unspecified atom stereocenters. The van der Waals surface area contributed by atoms with Gasteiger partial charge < -0.3 is 15.4 Å². The van der Waals surface area contributed by atoms with Crippen LogP contribution in [0, 0.1) is 0 Å². The maximum absolute atomic E-state index is 12.6. The molecule has 35 heavy (non-hydrogen) atoms. The number of thioether (sulfide) groups is 1. The minimum atomic E-state index is -0.232. The average molecular weight is 488 g/mol. The zero-order valence-electron chi connectivity index (χ0n) is 19.2. The predicted molar refractivity (Wildman–Crippen MR) is 135 cm³/mol. The highest BCUT2D eigenvalue weighted by Gasteiger charge is 2.17. The summed E-state index contributed by atoms with van der Waals surface area (Å²) >= 11 is 1.29. The topological polar surface area (TPSA) is 98.1 Å². The smallest absolute Gasteiger partial charge is 0.251 e. The van der Waals surface area contributed by atoms with Crippen LogP contribution in [-0.4, -0.2) is 39.4 Å². The number of carbonyl (C=O) groups is 2. The Morgan fingerprint density at radius 3 is 2.23 bits per heavy atom. The van der Waals surface area contributed by atoms with Gasteiger partial charge in [0.2, 0.25) is 5.91 Å². The zero-order chi connectivity index (χ0) is 24.5. The SMILES string of the molecule is COc1ccc(C(=O)NCc2nnc(SCC(=O)NCc3ccccc3)n2-c2ccccc2)cc1. The first-order chi connectivity index (χ1) is 17.1. The maximum Gasteiger partial charge on any atom is 0.251 e. The van der Waals surface area contributed by atoms with Gasteiger partial charge in [0.1, 0.15) is 5.75 Å². The molecule has 4 aromatic rings. The van der Waals surface area contributed by atoms with Gasteiger partial charge in [0.15, 0.2) is 11.0 Å². The van der Waals surface area contributed by atoms with Crippen LogP contribution in [0.1, 0.15) is 21.7 Å². The third-order valence-corrected chi connectivity index (χ3v) is 6.07. The van der Waals surface area contributed by atoms with Crippen LogP contribution in [0.5, 0.6) is 5.75 Å². The molecule has 2 N–H and O–H groups in total. The van der Waals surface area contributed by atoms with Gasteiger partial charge in [0, 0.05) is 17.8 Å².